The van der Waals surface area contributed by atoms with E-state index in [1.54, 1.807) is 0 Å². The molecule has 0 aliphatic heterocycles. The summed E-state index contributed by atoms with van der Waals surface area (Å²) in [7, 11) is 0. The molecular weight excluding hydrogens is 346 g/mol. The van der Waals surface area contributed by atoms with Crippen LogP contribution in [0.2, 0.25) is 0 Å². The van der Waals surface area contributed by atoms with Crippen molar-refractivity contribution >= 4 is 28.9 Å². The first-order valence-electron chi connectivity index (χ1n) is 9.25. The fraction of sp³-hybridized carbons (Fsp3) is 0.429. The second kappa shape index (κ2) is 8.49. The molecular formula is C21H25NO3S. The predicted molar refractivity (Wildman–Crippen MR) is 105 cm³/mol. The highest BCUT2D eigenvalue weighted by atomic mass is 32.1. The molecule has 1 atom stereocenters. The van der Waals surface area contributed by atoms with Gasteiger partial charge in [0.05, 0.1) is 0 Å². The Balaban J connectivity index is 1.50. The van der Waals surface area contributed by atoms with Gasteiger partial charge in [-0.05, 0) is 67.3 Å². The minimum absolute atomic E-state index is 0.269. The number of esters is 1. The Labute approximate surface area is 158 Å². The van der Waals surface area contributed by atoms with Crippen LogP contribution in [0.4, 0.5) is 5.69 Å². The van der Waals surface area contributed by atoms with Crippen LogP contribution in [0.1, 0.15) is 64.7 Å². The molecule has 2 aromatic rings. The van der Waals surface area contributed by atoms with Gasteiger partial charge in [0.1, 0.15) is 4.88 Å². The lowest BCUT2D eigenvalue weighted by molar-refractivity contribution is -0.119. The molecule has 26 heavy (non-hydrogen) atoms. The molecule has 0 fully saturated rings. The molecule has 4 nitrogen and oxygen atoms in total. The minimum Gasteiger partial charge on any atom is -0.451 e. The third-order valence-corrected chi connectivity index (χ3v) is 6.13. The highest BCUT2D eigenvalue weighted by Gasteiger charge is 2.19. The molecule has 1 aromatic carbocycles. The van der Waals surface area contributed by atoms with Crippen LogP contribution in [0.3, 0.4) is 0 Å². The number of hydrogen-bond acceptors (Lipinski definition) is 4. The molecule has 5 heteroatoms. The van der Waals surface area contributed by atoms with Crippen LogP contribution in [0.15, 0.2) is 30.3 Å². The lowest BCUT2D eigenvalue weighted by Crippen LogP contribution is -2.20. The maximum absolute atomic E-state index is 12.2. The molecule has 0 spiro atoms. The molecule has 1 N–H and O–H groups in total. The molecule has 1 aliphatic carbocycles. The van der Waals surface area contributed by atoms with Gasteiger partial charge in [-0.3, -0.25) is 4.79 Å². The summed E-state index contributed by atoms with van der Waals surface area (Å²) < 4.78 is 5.18. The fourth-order valence-corrected chi connectivity index (χ4v) is 4.27. The molecule has 1 heterocycles. The van der Waals surface area contributed by atoms with Gasteiger partial charge in [-0.15, -0.1) is 11.3 Å². The Morgan fingerprint density at radius 1 is 1.19 bits per heavy atom. The zero-order valence-corrected chi connectivity index (χ0v) is 16.2. The minimum atomic E-state index is -0.410. The van der Waals surface area contributed by atoms with Gasteiger partial charge < -0.3 is 10.1 Å². The molecule has 3 rings (SSSR count). The third kappa shape index (κ3) is 4.52. The summed E-state index contributed by atoms with van der Waals surface area (Å²) in [5, 5.41) is 2.77. The highest BCUT2D eigenvalue weighted by Crippen LogP contribution is 2.30. The van der Waals surface area contributed by atoms with Crippen LogP contribution in [0.5, 0.6) is 0 Å². The van der Waals surface area contributed by atoms with E-state index in [-0.39, 0.29) is 12.5 Å². The number of hydrogen-bond donors (Lipinski definition) is 1. The maximum Gasteiger partial charge on any atom is 0.348 e. The number of anilines is 1. The van der Waals surface area contributed by atoms with Crippen LogP contribution in [-0.2, 0) is 22.4 Å². The van der Waals surface area contributed by atoms with E-state index >= 15 is 0 Å². The molecule has 0 unspecified atom stereocenters. The molecule has 0 saturated carbocycles. The van der Waals surface area contributed by atoms with E-state index in [0.29, 0.717) is 16.5 Å². The van der Waals surface area contributed by atoms with Crippen molar-refractivity contribution in [3.63, 3.8) is 0 Å². The van der Waals surface area contributed by atoms with E-state index in [1.165, 1.54) is 40.2 Å². The van der Waals surface area contributed by atoms with E-state index in [9.17, 15) is 9.59 Å². The van der Waals surface area contributed by atoms with Crippen molar-refractivity contribution in [3.05, 3.63) is 51.2 Å². The average Bonchev–Trinajstić information content (AvgIpc) is 3.10. The van der Waals surface area contributed by atoms with Gasteiger partial charge in [0.25, 0.3) is 5.91 Å². The third-order valence-electron chi connectivity index (χ3n) is 4.91. The number of rotatable bonds is 6. The van der Waals surface area contributed by atoms with Gasteiger partial charge in [-0.25, -0.2) is 4.79 Å². The lowest BCUT2D eigenvalue weighted by Gasteiger charge is -2.10. The number of ether oxygens (including phenoxy) is 1. The van der Waals surface area contributed by atoms with Gasteiger partial charge in [-0.2, -0.15) is 0 Å². The Bertz CT molecular complexity index is 756. The van der Waals surface area contributed by atoms with Crippen LogP contribution in [0, 0.1) is 0 Å². The maximum atomic E-state index is 12.2. The summed E-state index contributed by atoms with van der Waals surface area (Å²) in [5.74, 6) is -0.236. The monoisotopic (exact) mass is 371 g/mol. The number of carbonyl (C=O) groups is 2. The second-order valence-electron chi connectivity index (χ2n) is 6.82. The standard InChI is InChI=1S/C21H25NO3S/c1-3-14(2)15-8-10-17(11-9-15)22-20(23)13-25-21(24)19-12-16-6-4-5-7-18(16)26-19/h8-12,14H,3-7,13H2,1-2H3,(H,22,23)/t14-/m0/s1. The van der Waals surface area contributed by atoms with Crippen molar-refractivity contribution < 1.29 is 14.3 Å². The van der Waals surface area contributed by atoms with Crippen molar-refractivity contribution in [1.82, 2.24) is 0 Å². The Hall–Kier alpha value is -2.14. The summed E-state index contributed by atoms with van der Waals surface area (Å²) >= 11 is 1.50. The van der Waals surface area contributed by atoms with Crippen molar-refractivity contribution in [2.75, 3.05) is 11.9 Å². The predicted octanol–water partition coefficient (Wildman–Crippen LogP) is 4.94. The molecule has 1 aromatic heterocycles. The first kappa shape index (κ1) is 18.6. The number of aryl methyl sites for hydroxylation is 2. The quantitative estimate of drug-likeness (QED) is 0.732. The molecule has 1 aliphatic rings. The first-order valence-corrected chi connectivity index (χ1v) is 10.1. The summed E-state index contributed by atoms with van der Waals surface area (Å²) in [4.78, 5) is 26.1. The number of thiophene rings is 1. The van der Waals surface area contributed by atoms with Crippen LogP contribution in [-0.4, -0.2) is 18.5 Å². The summed E-state index contributed by atoms with van der Waals surface area (Å²) in [5.41, 5.74) is 3.22. The Morgan fingerprint density at radius 2 is 1.92 bits per heavy atom. The summed E-state index contributed by atoms with van der Waals surface area (Å²) in [6.45, 7) is 4.06. The number of amides is 1. The van der Waals surface area contributed by atoms with E-state index in [0.717, 1.165) is 19.3 Å². The number of carbonyl (C=O) groups excluding carboxylic acids is 2. The largest absolute Gasteiger partial charge is 0.451 e. The van der Waals surface area contributed by atoms with Gasteiger partial charge in [-0.1, -0.05) is 26.0 Å². The lowest BCUT2D eigenvalue weighted by atomic mass is 9.99. The number of fused-ring (bicyclic) bond motifs is 1. The SMILES string of the molecule is CC[C@H](C)c1ccc(NC(=O)COC(=O)c2cc3c(s2)CCCC3)cc1. The van der Waals surface area contributed by atoms with Crippen molar-refractivity contribution in [1.29, 1.82) is 0 Å². The van der Waals surface area contributed by atoms with Crippen molar-refractivity contribution in [2.45, 2.75) is 51.9 Å². The van der Waals surface area contributed by atoms with E-state index in [1.807, 2.05) is 30.3 Å². The van der Waals surface area contributed by atoms with Gasteiger partial charge in [0.2, 0.25) is 0 Å². The summed E-state index contributed by atoms with van der Waals surface area (Å²) in [6, 6.07) is 9.73. The first-order chi connectivity index (χ1) is 12.6. The van der Waals surface area contributed by atoms with E-state index < -0.39 is 5.97 Å². The zero-order chi connectivity index (χ0) is 18.5. The number of benzene rings is 1. The van der Waals surface area contributed by atoms with E-state index in [4.69, 9.17) is 4.74 Å². The number of nitrogens with one attached hydrogen (secondary N) is 1. The highest BCUT2D eigenvalue weighted by molar-refractivity contribution is 7.14. The smallest absolute Gasteiger partial charge is 0.348 e. The van der Waals surface area contributed by atoms with E-state index in [2.05, 4.69) is 19.2 Å². The summed E-state index contributed by atoms with van der Waals surface area (Å²) in [6.07, 6.45) is 5.51. The van der Waals surface area contributed by atoms with Gasteiger partial charge >= 0.3 is 5.97 Å². The van der Waals surface area contributed by atoms with Crippen LogP contribution in [0.25, 0.3) is 0 Å². The van der Waals surface area contributed by atoms with Crippen LogP contribution < -0.4 is 5.32 Å². The molecule has 0 bridgehead atoms. The second-order valence-corrected chi connectivity index (χ2v) is 7.96. The topological polar surface area (TPSA) is 55.4 Å². The fourth-order valence-electron chi connectivity index (χ4n) is 3.12. The molecule has 0 radical (unpaired) electrons. The molecule has 0 saturated heterocycles. The Morgan fingerprint density at radius 3 is 2.62 bits per heavy atom. The zero-order valence-electron chi connectivity index (χ0n) is 15.3. The van der Waals surface area contributed by atoms with Crippen LogP contribution >= 0.6 is 11.3 Å². The molecule has 138 valence electrons. The molecule has 1 amide bonds. The van der Waals surface area contributed by atoms with Gasteiger partial charge in [0, 0.05) is 10.6 Å². The van der Waals surface area contributed by atoms with Crippen molar-refractivity contribution in [3.8, 4) is 0 Å². The van der Waals surface area contributed by atoms with Gasteiger partial charge in [0.15, 0.2) is 6.61 Å². The normalized spacial score (nSPS) is 14.4. The average molecular weight is 372 g/mol. The Kier molecular flexibility index (Phi) is 6.09. The van der Waals surface area contributed by atoms with Crippen molar-refractivity contribution in [2.24, 2.45) is 0 Å².